The first-order chi connectivity index (χ1) is 14.8. The van der Waals surface area contributed by atoms with Crippen molar-refractivity contribution in [3.63, 3.8) is 0 Å². The smallest absolute Gasteiger partial charge is 0.224 e. The highest BCUT2D eigenvalue weighted by molar-refractivity contribution is 7.91. The lowest BCUT2D eigenvalue weighted by Crippen LogP contribution is -2.39. The van der Waals surface area contributed by atoms with Crippen LogP contribution in [0.3, 0.4) is 0 Å². The average molecular weight is 476 g/mol. The lowest BCUT2D eigenvalue weighted by molar-refractivity contribution is 0.408. The molecule has 1 aliphatic rings. The Morgan fingerprint density at radius 1 is 0.774 bits per heavy atom. The maximum Gasteiger partial charge on any atom is 0.243 e. The summed E-state index contributed by atoms with van der Waals surface area (Å²) in [5.74, 6) is -0.223. The van der Waals surface area contributed by atoms with Crippen LogP contribution in [-0.2, 0) is 19.9 Å². The van der Waals surface area contributed by atoms with E-state index < -0.39 is 25.9 Å². The molecule has 0 amide bonds. The fourth-order valence-corrected chi connectivity index (χ4v) is 7.40. The van der Waals surface area contributed by atoms with Gasteiger partial charge in [-0.25, -0.2) is 16.8 Å². The Bertz CT molecular complexity index is 1260. The minimum atomic E-state index is -3.80. The molecule has 1 fully saturated rings. The van der Waals surface area contributed by atoms with Gasteiger partial charge in [-0.1, -0.05) is 54.1 Å². The minimum Gasteiger partial charge on any atom is -0.224 e. The van der Waals surface area contributed by atoms with Crippen molar-refractivity contribution >= 4 is 31.5 Å². The van der Waals surface area contributed by atoms with Gasteiger partial charge in [0.25, 0.3) is 0 Å². The van der Waals surface area contributed by atoms with Crippen molar-refractivity contribution in [3.8, 4) is 11.1 Å². The van der Waals surface area contributed by atoms with Crippen LogP contribution in [0, 0.1) is 0 Å². The van der Waals surface area contributed by atoms with Gasteiger partial charge in [0.05, 0.1) is 15.5 Å². The molecule has 1 atom stereocenters. The Hall–Kier alpha value is -2.19. The third-order valence-corrected chi connectivity index (χ3v) is 9.51. The zero-order valence-corrected chi connectivity index (χ0v) is 19.1. The van der Waals surface area contributed by atoms with Gasteiger partial charge in [-0.15, -0.1) is 0 Å². The molecule has 0 spiro atoms. The number of rotatable bonds is 6. The van der Waals surface area contributed by atoms with E-state index in [9.17, 15) is 16.8 Å². The van der Waals surface area contributed by atoms with Crippen LogP contribution in [0.4, 0.5) is 0 Å². The highest BCUT2D eigenvalue weighted by atomic mass is 35.5. The van der Waals surface area contributed by atoms with Crippen LogP contribution < -0.4 is 0 Å². The van der Waals surface area contributed by atoms with Gasteiger partial charge < -0.3 is 0 Å². The molecule has 0 aromatic heterocycles. The van der Waals surface area contributed by atoms with E-state index in [4.69, 9.17) is 11.6 Å². The van der Waals surface area contributed by atoms with E-state index in [1.54, 1.807) is 66.7 Å². The van der Waals surface area contributed by atoms with Crippen molar-refractivity contribution < 1.29 is 16.8 Å². The predicted octanol–water partition coefficient (Wildman–Crippen LogP) is 4.63. The minimum absolute atomic E-state index is 0.161. The molecule has 4 rings (SSSR count). The molecule has 1 saturated heterocycles. The van der Waals surface area contributed by atoms with E-state index in [0.717, 1.165) is 11.1 Å². The molecule has 5 nitrogen and oxygen atoms in total. The van der Waals surface area contributed by atoms with E-state index in [1.165, 1.54) is 4.31 Å². The Balaban J connectivity index is 1.57. The summed E-state index contributed by atoms with van der Waals surface area (Å²) >= 11 is 5.93. The van der Waals surface area contributed by atoms with Gasteiger partial charge in [-0.2, -0.15) is 4.31 Å². The third-order valence-electron chi connectivity index (χ3n) is 5.48. The van der Waals surface area contributed by atoms with Crippen molar-refractivity contribution in [1.29, 1.82) is 0 Å². The summed E-state index contributed by atoms with van der Waals surface area (Å²) in [5, 5.41) is 0.633. The van der Waals surface area contributed by atoms with Crippen molar-refractivity contribution in [1.82, 2.24) is 4.31 Å². The topological polar surface area (TPSA) is 71.5 Å². The average Bonchev–Trinajstić information content (AvgIpc) is 3.23. The molecular weight excluding hydrogens is 454 g/mol. The molecule has 162 valence electrons. The van der Waals surface area contributed by atoms with E-state index in [-0.39, 0.29) is 15.5 Å². The Kier molecular flexibility index (Phi) is 6.21. The molecule has 3 aromatic rings. The molecule has 0 aliphatic carbocycles. The summed E-state index contributed by atoms with van der Waals surface area (Å²) in [5.41, 5.74) is 1.81. The van der Waals surface area contributed by atoms with Crippen LogP contribution in [0.25, 0.3) is 11.1 Å². The molecule has 1 aliphatic heterocycles. The molecule has 0 radical (unpaired) electrons. The lowest BCUT2D eigenvalue weighted by atomic mass is 10.1. The summed E-state index contributed by atoms with van der Waals surface area (Å²) in [4.78, 5) is 0.376. The number of hydrogen-bond donors (Lipinski definition) is 0. The molecular formula is C23H22ClNO4S2. The SMILES string of the molecule is O=S(=O)(CC1CCCN1S(=O)(=O)c1ccc(-c2ccc(Cl)cc2)cc1)c1ccccc1. The second kappa shape index (κ2) is 8.74. The van der Waals surface area contributed by atoms with E-state index in [1.807, 2.05) is 12.1 Å². The molecule has 8 heteroatoms. The van der Waals surface area contributed by atoms with Gasteiger partial charge in [0.2, 0.25) is 10.0 Å². The molecule has 0 N–H and O–H groups in total. The highest BCUT2D eigenvalue weighted by Gasteiger charge is 2.38. The molecule has 0 bridgehead atoms. The lowest BCUT2D eigenvalue weighted by Gasteiger charge is -2.24. The fraction of sp³-hybridized carbons (Fsp3) is 0.217. The maximum absolute atomic E-state index is 13.3. The second-order valence-corrected chi connectivity index (χ2v) is 11.9. The van der Waals surface area contributed by atoms with Crippen LogP contribution in [0.15, 0.2) is 88.7 Å². The van der Waals surface area contributed by atoms with E-state index in [2.05, 4.69) is 0 Å². The zero-order chi connectivity index (χ0) is 22.1. The fourth-order valence-electron chi connectivity index (χ4n) is 3.87. The zero-order valence-electron chi connectivity index (χ0n) is 16.7. The van der Waals surface area contributed by atoms with Crippen LogP contribution in [0.1, 0.15) is 12.8 Å². The highest BCUT2D eigenvalue weighted by Crippen LogP contribution is 2.30. The molecule has 0 saturated carbocycles. The van der Waals surface area contributed by atoms with Gasteiger partial charge in [0, 0.05) is 17.6 Å². The predicted molar refractivity (Wildman–Crippen MR) is 122 cm³/mol. The van der Waals surface area contributed by atoms with Crippen LogP contribution in [0.2, 0.25) is 5.02 Å². The number of hydrogen-bond acceptors (Lipinski definition) is 4. The summed E-state index contributed by atoms with van der Waals surface area (Å²) in [6.45, 7) is 0.316. The Morgan fingerprint density at radius 2 is 1.35 bits per heavy atom. The molecule has 1 unspecified atom stereocenters. The summed E-state index contributed by atoms with van der Waals surface area (Å²) < 4.78 is 53.5. The van der Waals surface area contributed by atoms with Crippen molar-refractivity contribution in [2.75, 3.05) is 12.3 Å². The Morgan fingerprint density at radius 3 is 1.97 bits per heavy atom. The first kappa shape index (κ1) is 22.0. The summed E-state index contributed by atoms with van der Waals surface area (Å²) in [6.07, 6.45) is 1.16. The normalized spacial score (nSPS) is 17.6. The second-order valence-electron chi connectivity index (χ2n) is 7.54. The van der Waals surface area contributed by atoms with E-state index >= 15 is 0 Å². The molecule has 1 heterocycles. The summed E-state index contributed by atoms with van der Waals surface area (Å²) in [7, 11) is -7.38. The number of sulfone groups is 1. The first-order valence-electron chi connectivity index (χ1n) is 9.93. The first-order valence-corrected chi connectivity index (χ1v) is 13.4. The van der Waals surface area contributed by atoms with Crippen molar-refractivity contribution in [2.24, 2.45) is 0 Å². The number of halogens is 1. The van der Waals surface area contributed by atoms with Gasteiger partial charge in [-0.05, 0) is 60.4 Å². The van der Waals surface area contributed by atoms with Gasteiger partial charge >= 0.3 is 0 Å². The Labute approximate surface area is 188 Å². The van der Waals surface area contributed by atoms with Gasteiger partial charge in [-0.3, -0.25) is 0 Å². The largest absolute Gasteiger partial charge is 0.243 e. The van der Waals surface area contributed by atoms with Crippen molar-refractivity contribution in [3.05, 3.63) is 83.9 Å². The van der Waals surface area contributed by atoms with Crippen molar-refractivity contribution in [2.45, 2.75) is 28.7 Å². The van der Waals surface area contributed by atoms with Gasteiger partial charge in [0.15, 0.2) is 9.84 Å². The molecule has 3 aromatic carbocycles. The number of nitrogens with zero attached hydrogens (tertiary/aromatic N) is 1. The molecule has 31 heavy (non-hydrogen) atoms. The van der Waals surface area contributed by atoms with Gasteiger partial charge in [0.1, 0.15) is 0 Å². The number of sulfonamides is 1. The standard InChI is InChI=1S/C23H22ClNO4S2/c24-20-12-8-18(9-13-20)19-10-14-23(15-11-19)31(28,29)25-16-4-5-21(25)17-30(26,27)22-6-2-1-3-7-22/h1-3,6-15,21H,4-5,16-17H2. The van der Waals surface area contributed by atoms with Crippen LogP contribution >= 0.6 is 11.6 Å². The maximum atomic E-state index is 13.3. The monoisotopic (exact) mass is 475 g/mol. The van der Waals surface area contributed by atoms with Crippen LogP contribution in [-0.4, -0.2) is 39.5 Å². The van der Waals surface area contributed by atoms with E-state index in [0.29, 0.717) is 24.4 Å². The third kappa shape index (κ3) is 4.70. The summed E-state index contributed by atoms with van der Waals surface area (Å²) in [6, 6.07) is 21.5. The number of benzene rings is 3. The quantitative estimate of drug-likeness (QED) is 0.521. The van der Waals surface area contributed by atoms with Crippen LogP contribution in [0.5, 0.6) is 0 Å².